The van der Waals surface area contributed by atoms with Crippen LogP contribution in [0.3, 0.4) is 0 Å². The van der Waals surface area contributed by atoms with Crippen LogP contribution in [0, 0.1) is 0 Å². The van der Waals surface area contributed by atoms with Gasteiger partial charge in [-0.15, -0.1) is 0 Å². The molecule has 0 spiro atoms. The molecule has 1 saturated heterocycles. The predicted octanol–water partition coefficient (Wildman–Crippen LogP) is 2.63. The summed E-state index contributed by atoms with van der Waals surface area (Å²) in [5.74, 6) is 0.240. The van der Waals surface area contributed by atoms with E-state index in [4.69, 9.17) is 18.9 Å². The van der Waals surface area contributed by atoms with Crippen LogP contribution >= 0.6 is 0 Å². The fraction of sp³-hybridized carbons (Fsp3) is 0.381. The summed E-state index contributed by atoms with van der Waals surface area (Å²) in [5, 5.41) is 10.3. The van der Waals surface area contributed by atoms with Crippen LogP contribution in [-0.4, -0.2) is 62.5 Å². The number of carbonyl (C=O) groups excluding carboxylic acids is 1. The maximum Gasteiger partial charge on any atom is 0.233 e. The molecule has 0 saturated carbocycles. The van der Waals surface area contributed by atoms with Crippen molar-refractivity contribution in [2.75, 3.05) is 19.5 Å². The molecule has 2 aromatic carbocycles. The van der Waals surface area contributed by atoms with E-state index in [-0.39, 0.29) is 17.9 Å². The second kappa shape index (κ2) is 9.23. The van der Waals surface area contributed by atoms with Gasteiger partial charge in [0.25, 0.3) is 0 Å². The van der Waals surface area contributed by atoms with Crippen molar-refractivity contribution in [3.05, 3.63) is 48.5 Å². The van der Waals surface area contributed by atoms with Crippen molar-refractivity contribution in [1.82, 2.24) is 5.06 Å². The third-order valence-electron chi connectivity index (χ3n) is 4.78. The third kappa shape index (κ3) is 5.73. The Morgan fingerprint density at radius 2 is 1.68 bits per heavy atom. The Morgan fingerprint density at radius 1 is 1.13 bits per heavy atom. The Kier molecular flexibility index (Phi) is 6.85. The third-order valence-corrected chi connectivity index (χ3v) is 6.55. The summed E-state index contributed by atoms with van der Waals surface area (Å²) in [6.07, 6.45) is -0.640. The van der Waals surface area contributed by atoms with Gasteiger partial charge in [0.1, 0.15) is 29.4 Å². The first-order valence-electron chi connectivity index (χ1n) is 9.52. The highest BCUT2D eigenvalue weighted by atomic mass is 32.2. The minimum Gasteiger partial charge on any atom is -0.497 e. The Hall–Kier alpha value is -2.66. The lowest BCUT2D eigenvalue weighted by Gasteiger charge is -2.27. The standard InChI is InChI=1S/C21H25NO8S/c1-21(2)28-12-20(30-21)19(22(24)14-23)13-31(25,26)18-10-8-17(9-11-18)29-16-6-4-15(27-3)5-7-16/h4-11,14,19-20,24H,12-13H2,1-3H3/t19-,20-/m1/s1. The normalized spacial score (nSPS) is 18.9. The van der Waals surface area contributed by atoms with Crippen molar-refractivity contribution in [2.24, 2.45) is 0 Å². The highest BCUT2D eigenvalue weighted by Gasteiger charge is 2.41. The van der Waals surface area contributed by atoms with E-state index in [0.29, 0.717) is 22.3 Å². The van der Waals surface area contributed by atoms with E-state index in [0.717, 1.165) is 0 Å². The van der Waals surface area contributed by atoms with Gasteiger partial charge in [-0.05, 0) is 62.4 Å². The van der Waals surface area contributed by atoms with Crippen molar-refractivity contribution < 1.29 is 37.4 Å². The Labute approximate surface area is 181 Å². The average molecular weight is 451 g/mol. The number of amides is 1. The monoisotopic (exact) mass is 451 g/mol. The number of ether oxygens (including phenoxy) is 4. The second-order valence-corrected chi connectivity index (χ2v) is 9.48. The maximum absolute atomic E-state index is 12.9. The van der Waals surface area contributed by atoms with E-state index >= 15 is 0 Å². The Balaban J connectivity index is 1.73. The highest BCUT2D eigenvalue weighted by Crippen LogP contribution is 2.28. The molecule has 1 amide bonds. The number of benzene rings is 2. The zero-order valence-electron chi connectivity index (χ0n) is 17.4. The number of rotatable bonds is 9. The zero-order chi connectivity index (χ0) is 22.6. The number of nitrogens with zero attached hydrogens (tertiary/aromatic N) is 1. The zero-order valence-corrected chi connectivity index (χ0v) is 18.2. The molecular weight excluding hydrogens is 426 g/mol. The number of hydroxylamine groups is 2. The molecule has 3 rings (SSSR count). The van der Waals surface area contributed by atoms with Crippen LogP contribution in [0.25, 0.3) is 0 Å². The Morgan fingerprint density at radius 3 is 2.16 bits per heavy atom. The minimum absolute atomic E-state index is 0.0251. The first-order chi connectivity index (χ1) is 14.6. The number of hydrogen-bond acceptors (Lipinski definition) is 8. The van der Waals surface area contributed by atoms with Crippen molar-refractivity contribution in [3.63, 3.8) is 0 Å². The van der Waals surface area contributed by atoms with Crippen LogP contribution in [0.2, 0.25) is 0 Å². The summed E-state index contributed by atoms with van der Waals surface area (Å²) < 4.78 is 47.7. The van der Waals surface area contributed by atoms with E-state index in [9.17, 15) is 18.4 Å². The number of carbonyl (C=O) groups is 1. The van der Waals surface area contributed by atoms with Gasteiger partial charge in [0, 0.05) is 0 Å². The molecular formula is C21H25NO8S. The molecule has 31 heavy (non-hydrogen) atoms. The number of methoxy groups -OCH3 is 1. The van der Waals surface area contributed by atoms with Crippen molar-refractivity contribution in [3.8, 4) is 17.2 Å². The number of sulfone groups is 1. The quantitative estimate of drug-likeness (QED) is 0.352. The molecule has 2 atom stereocenters. The van der Waals surface area contributed by atoms with E-state index in [1.165, 1.54) is 24.3 Å². The van der Waals surface area contributed by atoms with Gasteiger partial charge in [-0.2, -0.15) is 0 Å². The van der Waals surface area contributed by atoms with Crippen molar-refractivity contribution >= 4 is 16.2 Å². The van der Waals surface area contributed by atoms with Crippen molar-refractivity contribution in [2.45, 2.75) is 36.7 Å². The molecule has 9 nitrogen and oxygen atoms in total. The smallest absolute Gasteiger partial charge is 0.233 e. The van der Waals surface area contributed by atoms with Gasteiger partial charge in [-0.25, -0.2) is 13.5 Å². The Bertz CT molecular complexity index is 989. The van der Waals surface area contributed by atoms with E-state index in [1.807, 2.05) is 0 Å². The molecule has 1 fully saturated rings. The summed E-state index contributed by atoms with van der Waals surface area (Å²) in [6, 6.07) is 11.7. The summed E-state index contributed by atoms with van der Waals surface area (Å²) in [7, 11) is -2.29. The molecule has 10 heteroatoms. The molecule has 0 radical (unpaired) electrons. The molecule has 0 bridgehead atoms. The van der Waals surface area contributed by atoms with E-state index in [2.05, 4.69) is 0 Å². The molecule has 1 aliphatic rings. The molecule has 0 aliphatic carbocycles. The van der Waals surface area contributed by atoms with Gasteiger partial charge < -0.3 is 18.9 Å². The summed E-state index contributed by atoms with van der Waals surface area (Å²) in [6.45, 7) is 3.39. The van der Waals surface area contributed by atoms with Gasteiger partial charge in [-0.3, -0.25) is 10.0 Å². The first kappa shape index (κ1) is 23.0. The van der Waals surface area contributed by atoms with Crippen LogP contribution in [-0.2, 0) is 24.1 Å². The minimum atomic E-state index is -3.86. The predicted molar refractivity (Wildman–Crippen MR) is 110 cm³/mol. The largest absolute Gasteiger partial charge is 0.497 e. The molecule has 168 valence electrons. The van der Waals surface area contributed by atoms with Crippen LogP contribution in [0.4, 0.5) is 0 Å². The lowest BCUT2D eigenvalue weighted by atomic mass is 10.2. The van der Waals surface area contributed by atoms with Crippen LogP contribution in [0.15, 0.2) is 53.4 Å². The fourth-order valence-corrected chi connectivity index (χ4v) is 4.71. The maximum atomic E-state index is 12.9. The van der Waals surface area contributed by atoms with Gasteiger partial charge in [0.15, 0.2) is 15.6 Å². The molecule has 1 N–H and O–H groups in total. The highest BCUT2D eigenvalue weighted by molar-refractivity contribution is 7.91. The van der Waals surface area contributed by atoms with Crippen LogP contribution in [0.1, 0.15) is 13.8 Å². The van der Waals surface area contributed by atoms with Crippen LogP contribution in [0.5, 0.6) is 17.2 Å². The van der Waals surface area contributed by atoms with Crippen molar-refractivity contribution in [1.29, 1.82) is 0 Å². The molecule has 2 aromatic rings. The van der Waals surface area contributed by atoms with E-state index in [1.54, 1.807) is 45.2 Å². The second-order valence-electron chi connectivity index (χ2n) is 7.45. The topological polar surface area (TPSA) is 112 Å². The lowest BCUT2D eigenvalue weighted by molar-refractivity contribution is -0.182. The lowest BCUT2D eigenvalue weighted by Crippen LogP contribution is -2.47. The fourth-order valence-electron chi connectivity index (χ4n) is 3.15. The molecule has 0 unspecified atom stereocenters. The molecule has 1 aliphatic heterocycles. The average Bonchev–Trinajstić information content (AvgIpc) is 3.12. The SMILES string of the molecule is COc1ccc(Oc2ccc(S(=O)(=O)C[C@H]([C@H]3COC(C)(C)O3)N(O)C=O)cc2)cc1. The summed E-state index contributed by atoms with van der Waals surface area (Å²) in [4.78, 5) is 11.1. The van der Waals surface area contributed by atoms with Gasteiger partial charge in [0.05, 0.1) is 24.4 Å². The van der Waals surface area contributed by atoms with E-state index < -0.39 is 33.5 Å². The molecule has 0 aromatic heterocycles. The molecule has 1 heterocycles. The number of hydrogen-bond donors (Lipinski definition) is 1. The van der Waals surface area contributed by atoms with Crippen LogP contribution < -0.4 is 9.47 Å². The van der Waals surface area contributed by atoms with Gasteiger partial charge >= 0.3 is 0 Å². The summed E-state index contributed by atoms with van der Waals surface area (Å²) >= 11 is 0. The summed E-state index contributed by atoms with van der Waals surface area (Å²) in [5.41, 5.74) is 0. The van der Waals surface area contributed by atoms with Gasteiger partial charge in [0.2, 0.25) is 6.41 Å². The first-order valence-corrected chi connectivity index (χ1v) is 11.2. The van der Waals surface area contributed by atoms with Gasteiger partial charge in [-0.1, -0.05) is 0 Å².